The van der Waals surface area contributed by atoms with Crippen molar-refractivity contribution >= 4 is 11.9 Å². The van der Waals surface area contributed by atoms with Crippen LogP contribution < -0.4 is 0 Å². The SMILES string of the molecule is COCCN(CC(=O)O)C(=O)c1ccc(Cn2cccn2)cc1. The number of nitrogens with zero attached hydrogens (tertiary/aromatic N) is 3. The number of carboxylic acid groups (broad SMARTS) is 1. The molecule has 0 unspecified atom stereocenters. The Morgan fingerprint density at radius 2 is 2.04 bits per heavy atom. The number of carbonyl (C=O) groups excluding carboxylic acids is 1. The summed E-state index contributed by atoms with van der Waals surface area (Å²) in [5, 5.41) is 13.0. The van der Waals surface area contributed by atoms with E-state index in [0.717, 1.165) is 5.56 Å². The van der Waals surface area contributed by atoms with Gasteiger partial charge in [-0.05, 0) is 23.8 Å². The lowest BCUT2D eigenvalue weighted by Gasteiger charge is -2.20. The molecule has 0 saturated heterocycles. The van der Waals surface area contributed by atoms with Gasteiger partial charge in [0.25, 0.3) is 5.91 Å². The van der Waals surface area contributed by atoms with Gasteiger partial charge in [-0.3, -0.25) is 14.3 Å². The van der Waals surface area contributed by atoms with Crippen molar-refractivity contribution in [1.82, 2.24) is 14.7 Å². The quantitative estimate of drug-likeness (QED) is 0.788. The molecule has 0 aliphatic rings. The molecule has 0 bridgehead atoms. The van der Waals surface area contributed by atoms with Gasteiger partial charge >= 0.3 is 5.97 Å². The maximum Gasteiger partial charge on any atom is 0.323 e. The molecule has 1 N–H and O–H groups in total. The Morgan fingerprint density at radius 1 is 1.30 bits per heavy atom. The fourth-order valence-electron chi connectivity index (χ4n) is 2.13. The van der Waals surface area contributed by atoms with E-state index in [2.05, 4.69) is 5.10 Å². The van der Waals surface area contributed by atoms with Gasteiger partial charge in [0.05, 0.1) is 13.2 Å². The van der Waals surface area contributed by atoms with E-state index in [1.165, 1.54) is 12.0 Å². The molecular weight excluding hydrogens is 298 g/mol. The average Bonchev–Trinajstić information content (AvgIpc) is 3.04. The first-order valence-electron chi connectivity index (χ1n) is 7.16. The van der Waals surface area contributed by atoms with E-state index in [4.69, 9.17) is 9.84 Å². The minimum Gasteiger partial charge on any atom is -0.480 e. The van der Waals surface area contributed by atoms with Crippen LogP contribution in [0.2, 0.25) is 0 Å². The molecule has 2 rings (SSSR count). The van der Waals surface area contributed by atoms with Crippen molar-refractivity contribution in [3.05, 3.63) is 53.9 Å². The molecule has 0 fully saturated rings. The standard InChI is InChI=1S/C16H19N3O4/c1-23-10-9-18(12-15(20)21)16(22)14-5-3-13(4-6-14)11-19-8-2-7-17-19/h2-8H,9-12H2,1H3,(H,20,21). The molecule has 122 valence electrons. The summed E-state index contributed by atoms with van der Waals surface area (Å²) in [6.07, 6.45) is 3.57. The van der Waals surface area contributed by atoms with Crippen LogP contribution in [0.25, 0.3) is 0 Å². The average molecular weight is 317 g/mol. The van der Waals surface area contributed by atoms with E-state index < -0.39 is 5.97 Å². The summed E-state index contributed by atoms with van der Waals surface area (Å²) in [4.78, 5) is 24.6. The lowest BCUT2D eigenvalue weighted by molar-refractivity contribution is -0.137. The molecule has 1 aromatic heterocycles. The van der Waals surface area contributed by atoms with Gasteiger partial charge in [0.2, 0.25) is 0 Å². The fraction of sp³-hybridized carbons (Fsp3) is 0.312. The van der Waals surface area contributed by atoms with E-state index in [1.807, 2.05) is 24.4 Å². The molecular formula is C16H19N3O4. The topological polar surface area (TPSA) is 84.7 Å². The minimum absolute atomic E-state index is 0.233. The van der Waals surface area contributed by atoms with Gasteiger partial charge in [-0.2, -0.15) is 5.10 Å². The highest BCUT2D eigenvalue weighted by atomic mass is 16.5. The zero-order valence-corrected chi connectivity index (χ0v) is 12.9. The second-order valence-corrected chi connectivity index (χ2v) is 5.01. The molecule has 2 aromatic rings. The summed E-state index contributed by atoms with van der Waals surface area (Å²) >= 11 is 0. The highest BCUT2D eigenvalue weighted by Crippen LogP contribution is 2.09. The van der Waals surface area contributed by atoms with Crippen molar-refractivity contribution in [1.29, 1.82) is 0 Å². The fourth-order valence-corrected chi connectivity index (χ4v) is 2.13. The van der Waals surface area contributed by atoms with Crippen LogP contribution >= 0.6 is 0 Å². The first-order chi connectivity index (χ1) is 11.1. The Labute approximate surface area is 134 Å². The summed E-state index contributed by atoms with van der Waals surface area (Å²) in [6.45, 7) is 0.786. The molecule has 23 heavy (non-hydrogen) atoms. The molecule has 0 atom stereocenters. The van der Waals surface area contributed by atoms with Gasteiger partial charge in [0.1, 0.15) is 6.54 Å². The van der Waals surface area contributed by atoms with Crippen LogP contribution in [0.1, 0.15) is 15.9 Å². The second-order valence-electron chi connectivity index (χ2n) is 5.01. The van der Waals surface area contributed by atoms with Gasteiger partial charge in [0, 0.05) is 31.6 Å². The van der Waals surface area contributed by atoms with Crippen molar-refractivity contribution in [3.8, 4) is 0 Å². The van der Waals surface area contributed by atoms with Crippen LogP contribution in [-0.4, -0.2) is 58.5 Å². The van der Waals surface area contributed by atoms with Gasteiger partial charge < -0.3 is 14.7 Å². The number of rotatable bonds is 8. The summed E-state index contributed by atoms with van der Waals surface area (Å²) in [5.41, 5.74) is 1.46. The summed E-state index contributed by atoms with van der Waals surface area (Å²) in [7, 11) is 1.51. The summed E-state index contributed by atoms with van der Waals surface area (Å²) in [5.74, 6) is -1.38. The second kappa shape index (κ2) is 8.09. The predicted octanol–water partition coefficient (Wildman–Crippen LogP) is 1.10. The highest BCUT2D eigenvalue weighted by molar-refractivity contribution is 5.95. The van der Waals surface area contributed by atoms with Crippen LogP contribution in [0, 0.1) is 0 Å². The maximum absolute atomic E-state index is 12.4. The minimum atomic E-state index is -1.05. The number of hydrogen-bond donors (Lipinski definition) is 1. The monoisotopic (exact) mass is 317 g/mol. The molecule has 1 amide bonds. The molecule has 0 aliphatic carbocycles. The Bertz CT molecular complexity index is 638. The van der Waals surface area contributed by atoms with Gasteiger partial charge in [-0.1, -0.05) is 12.1 Å². The Hall–Kier alpha value is -2.67. The van der Waals surface area contributed by atoms with Gasteiger partial charge in [0.15, 0.2) is 0 Å². The number of aromatic nitrogens is 2. The van der Waals surface area contributed by atoms with E-state index in [0.29, 0.717) is 12.1 Å². The molecule has 1 heterocycles. The van der Waals surface area contributed by atoms with Crippen LogP contribution in [0.15, 0.2) is 42.7 Å². The van der Waals surface area contributed by atoms with Crippen LogP contribution in [-0.2, 0) is 16.1 Å². The van der Waals surface area contributed by atoms with E-state index in [9.17, 15) is 9.59 Å². The van der Waals surface area contributed by atoms with Crippen molar-refractivity contribution in [2.45, 2.75) is 6.54 Å². The number of carboxylic acids is 1. The third-order valence-electron chi connectivity index (χ3n) is 3.28. The number of amides is 1. The molecule has 0 spiro atoms. The van der Waals surface area contributed by atoms with Crippen LogP contribution in [0.3, 0.4) is 0 Å². The lowest BCUT2D eigenvalue weighted by atomic mass is 10.1. The van der Waals surface area contributed by atoms with Crippen molar-refractivity contribution in [2.24, 2.45) is 0 Å². The molecule has 7 heteroatoms. The molecule has 0 aliphatic heterocycles. The van der Waals surface area contributed by atoms with E-state index >= 15 is 0 Å². The summed E-state index contributed by atoms with van der Waals surface area (Å²) < 4.78 is 6.71. The van der Waals surface area contributed by atoms with Crippen molar-refractivity contribution in [2.75, 3.05) is 26.8 Å². The molecule has 7 nitrogen and oxygen atoms in total. The van der Waals surface area contributed by atoms with Crippen molar-refractivity contribution in [3.63, 3.8) is 0 Å². The smallest absolute Gasteiger partial charge is 0.323 e. The van der Waals surface area contributed by atoms with Crippen LogP contribution in [0.4, 0.5) is 0 Å². The first-order valence-corrected chi connectivity index (χ1v) is 7.16. The highest BCUT2D eigenvalue weighted by Gasteiger charge is 2.18. The number of benzene rings is 1. The normalized spacial score (nSPS) is 10.5. The zero-order valence-electron chi connectivity index (χ0n) is 12.9. The largest absolute Gasteiger partial charge is 0.480 e. The van der Waals surface area contributed by atoms with E-state index in [-0.39, 0.29) is 25.6 Å². The van der Waals surface area contributed by atoms with E-state index in [1.54, 1.807) is 23.0 Å². The number of hydrogen-bond acceptors (Lipinski definition) is 4. The number of aliphatic carboxylic acids is 1. The third kappa shape index (κ3) is 4.93. The van der Waals surface area contributed by atoms with Gasteiger partial charge in [-0.15, -0.1) is 0 Å². The predicted molar refractivity (Wildman–Crippen MR) is 83.2 cm³/mol. The summed E-state index contributed by atoms with van der Waals surface area (Å²) in [6, 6.07) is 8.91. The Kier molecular flexibility index (Phi) is 5.87. The number of ether oxygens (including phenoxy) is 1. The molecule has 0 saturated carbocycles. The maximum atomic E-state index is 12.4. The number of methoxy groups -OCH3 is 1. The molecule has 0 radical (unpaired) electrons. The first kappa shape index (κ1) is 16.7. The lowest BCUT2D eigenvalue weighted by Crippen LogP contribution is -2.38. The zero-order chi connectivity index (χ0) is 16.7. The van der Waals surface area contributed by atoms with Crippen LogP contribution in [0.5, 0.6) is 0 Å². The number of carbonyl (C=O) groups is 2. The third-order valence-corrected chi connectivity index (χ3v) is 3.28. The Balaban J connectivity index is 2.06. The molecule has 1 aromatic carbocycles. The van der Waals surface area contributed by atoms with Crippen molar-refractivity contribution < 1.29 is 19.4 Å². The Morgan fingerprint density at radius 3 is 2.61 bits per heavy atom. The van der Waals surface area contributed by atoms with Gasteiger partial charge in [-0.25, -0.2) is 0 Å².